The minimum Gasteiger partial charge on any atom is -0.449 e. The molecule has 0 amide bonds. The topological polar surface area (TPSA) is 78.1 Å². The molecule has 0 radical (unpaired) electrons. The van der Waals surface area contributed by atoms with E-state index in [2.05, 4.69) is 14.9 Å². The number of hydrogen-bond donors (Lipinski definition) is 1. The van der Waals surface area contributed by atoms with Crippen LogP contribution in [0.3, 0.4) is 0 Å². The number of H-pyrrole nitrogens is 1. The van der Waals surface area contributed by atoms with Gasteiger partial charge in [-0.15, -0.1) is 0 Å². The van der Waals surface area contributed by atoms with Crippen LogP contribution in [0, 0.1) is 11.3 Å². The summed E-state index contributed by atoms with van der Waals surface area (Å²) in [6.45, 7) is 1.47. The summed E-state index contributed by atoms with van der Waals surface area (Å²) < 4.78 is 10.9. The minimum absolute atomic E-state index is 0.186. The summed E-state index contributed by atoms with van der Waals surface area (Å²) in [6, 6.07) is 5.73. The second-order valence-corrected chi connectivity index (χ2v) is 4.89. The van der Waals surface area contributed by atoms with Gasteiger partial charge in [-0.05, 0) is 18.6 Å². The Morgan fingerprint density at radius 3 is 3.15 bits per heavy atom. The van der Waals surface area contributed by atoms with Crippen LogP contribution in [0.2, 0.25) is 0 Å². The SMILES string of the molecule is CO[C@@H]1CC(c2ncc[nH]2)N(Cc2ccc(C#N)o2)C1. The number of methoxy groups -OCH3 is 1. The van der Waals surface area contributed by atoms with Crippen LogP contribution >= 0.6 is 0 Å². The van der Waals surface area contributed by atoms with Crippen molar-refractivity contribution in [2.45, 2.75) is 25.1 Å². The molecule has 2 atom stereocenters. The number of furan rings is 1. The van der Waals surface area contributed by atoms with E-state index in [0.29, 0.717) is 12.3 Å². The van der Waals surface area contributed by atoms with Crippen LogP contribution in [0.15, 0.2) is 28.9 Å². The molecule has 3 heterocycles. The predicted octanol–water partition coefficient (Wildman–Crippen LogP) is 1.84. The zero-order chi connectivity index (χ0) is 13.9. The van der Waals surface area contributed by atoms with E-state index in [0.717, 1.165) is 24.6 Å². The Labute approximate surface area is 117 Å². The van der Waals surface area contributed by atoms with E-state index in [-0.39, 0.29) is 12.1 Å². The van der Waals surface area contributed by atoms with Crippen LogP contribution in [0.1, 0.15) is 29.8 Å². The van der Waals surface area contributed by atoms with Crippen LogP contribution in [-0.2, 0) is 11.3 Å². The first-order valence-corrected chi connectivity index (χ1v) is 6.55. The molecule has 1 aliphatic heterocycles. The summed E-state index contributed by atoms with van der Waals surface area (Å²) in [7, 11) is 1.73. The van der Waals surface area contributed by atoms with Gasteiger partial charge in [0.05, 0.1) is 18.7 Å². The van der Waals surface area contributed by atoms with Crippen molar-refractivity contribution in [2.75, 3.05) is 13.7 Å². The van der Waals surface area contributed by atoms with Crippen LogP contribution in [0.4, 0.5) is 0 Å². The zero-order valence-electron chi connectivity index (χ0n) is 11.2. The molecule has 1 fully saturated rings. The molecule has 6 heteroatoms. The molecule has 6 nitrogen and oxygen atoms in total. The number of hydrogen-bond acceptors (Lipinski definition) is 5. The van der Waals surface area contributed by atoms with Gasteiger partial charge in [-0.3, -0.25) is 4.90 Å². The van der Waals surface area contributed by atoms with E-state index in [1.54, 1.807) is 19.4 Å². The Hall–Kier alpha value is -2.10. The Morgan fingerprint density at radius 1 is 1.60 bits per heavy atom. The number of nitrogens with zero attached hydrogens (tertiary/aromatic N) is 3. The number of imidazole rings is 1. The first-order valence-electron chi connectivity index (χ1n) is 6.55. The second-order valence-electron chi connectivity index (χ2n) is 4.89. The lowest BCUT2D eigenvalue weighted by Gasteiger charge is -2.21. The van der Waals surface area contributed by atoms with E-state index in [1.165, 1.54) is 0 Å². The molecule has 2 aromatic rings. The van der Waals surface area contributed by atoms with Gasteiger partial charge in [0, 0.05) is 26.0 Å². The van der Waals surface area contributed by atoms with Crippen molar-refractivity contribution in [1.29, 1.82) is 5.26 Å². The Bertz CT molecular complexity index is 599. The fourth-order valence-corrected chi connectivity index (χ4v) is 2.67. The average Bonchev–Trinajstić information content (AvgIpc) is 3.19. The van der Waals surface area contributed by atoms with Crippen LogP contribution < -0.4 is 0 Å². The minimum atomic E-state index is 0.186. The molecule has 0 saturated carbocycles. The lowest BCUT2D eigenvalue weighted by atomic mass is 10.2. The highest BCUT2D eigenvalue weighted by molar-refractivity contribution is 5.19. The fourth-order valence-electron chi connectivity index (χ4n) is 2.67. The second kappa shape index (κ2) is 5.49. The van der Waals surface area contributed by atoms with Gasteiger partial charge in [-0.1, -0.05) is 0 Å². The van der Waals surface area contributed by atoms with Crippen molar-refractivity contribution < 1.29 is 9.15 Å². The molecule has 104 valence electrons. The van der Waals surface area contributed by atoms with Crippen molar-refractivity contribution >= 4 is 0 Å². The zero-order valence-corrected chi connectivity index (χ0v) is 11.2. The number of rotatable bonds is 4. The summed E-state index contributed by atoms with van der Waals surface area (Å²) in [6.07, 6.45) is 4.67. The normalized spacial score (nSPS) is 23.0. The first-order chi connectivity index (χ1) is 9.80. The van der Waals surface area contributed by atoms with E-state index >= 15 is 0 Å². The molecule has 2 aromatic heterocycles. The maximum Gasteiger partial charge on any atom is 0.203 e. The van der Waals surface area contributed by atoms with Crippen molar-refractivity contribution in [3.63, 3.8) is 0 Å². The monoisotopic (exact) mass is 272 g/mol. The number of aromatic amines is 1. The standard InChI is InChI=1S/C14H16N4O2/c1-19-12-6-13(14-16-4-5-17-14)18(9-12)8-11-3-2-10(7-15)20-11/h2-5,12-13H,6,8-9H2,1H3,(H,16,17)/t12-,13?/m1/s1. The number of aromatic nitrogens is 2. The number of likely N-dealkylation sites (tertiary alicyclic amines) is 1. The Balaban J connectivity index is 1.77. The molecular formula is C14H16N4O2. The van der Waals surface area contributed by atoms with Crippen molar-refractivity contribution in [3.05, 3.63) is 41.9 Å². The van der Waals surface area contributed by atoms with Crippen LogP contribution in [0.5, 0.6) is 0 Å². The molecule has 1 unspecified atom stereocenters. The summed E-state index contributed by atoms with van der Waals surface area (Å²) >= 11 is 0. The van der Waals surface area contributed by atoms with Gasteiger partial charge in [0.15, 0.2) is 0 Å². The van der Waals surface area contributed by atoms with Gasteiger partial charge in [-0.2, -0.15) is 5.26 Å². The molecule has 1 saturated heterocycles. The van der Waals surface area contributed by atoms with Gasteiger partial charge < -0.3 is 14.1 Å². The molecule has 1 aliphatic rings. The third kappa shape index (κ3) is 2.46. The number of ether oxygens (including phenoxy) is 1. The smallest absolute Gasteiger partial charge is 0.203 e. The van der Waals surface area contributed by atoms with E-state index in [4.69, 9.17) is 14.4 Å². The van der Waals surface area contributed by atoms with E-state index in [9.17, 15) is 0 Å². The van der Waals surface area contributed by atoms with Gasteiger partial charge in [0.25, 0.3) is 0 Å². The van der Waals surface area contributed by atoms with Crippen molar-refractivity contribution in [1.82, 2.24) is 14.9 Å². The highest BCUT2D eigenvalue weighted by Crippen LogP contribution is 2.32. The third-order valence-corrected chi connectivity index (χ3v) is 3.66. The summed E-state index contributed by atoms with van der Waals surface area (Å²) in [4.78, 5) is 9.77. The predicted molar refractivity (Wildman–Crippen MR) is 70.6 cm³/mol. The summed E-state index contributed by atoms with van der Waals surface area (Å²) in [5.41, 5.74) is 0. The Morgan fingerprint density at radius 2 is 2.50 bits per heavy atom. The lowest BCUT2D eigenvalue weighted by molar-refractivity contribution is 0.106. The summed E-state index contributed by atoms with van der Waals surface area (Å²) in [5.74, 6) is 2.07. The molecule has 0 aromatic carbocycles. The van der Waals surface area contributed by atoms with Crippen LogP contribution in [-0.4, -0.2) is 34.6 Å². The summed E-state index contributed by atoms with van der Waals surface area (Å²) in [5, 5.41) is 8.80. The first kappa shape index (κ1) is 12.9. The molecular weight excluding hydrogens is 256 g/mol. The highest BCUT2D eigenvalue weighted by Gasteiger charge is 2.35. The van der Waals surface area contributed by atoms with Gasteiger partial charge in [0.1, 0.15) is 17.7 Å². The molecule has 0 bridgehead atoms. The maximum absolute atomic E-state index is 8.80. The molecule has 1 N–H and O–H groups in total. The average molecular weight is 272 g/mol. The molecule has 3 rings (SSSR count). The number of nitrogens with one attached hydrogen (secondary N) is 1. The third-order valence-electron chi connectivity index (χ3n) is 3.66. The molecule has 0 spiro atoms. The molecule has 0 aliphatic carbocycles. The fraction of sp³-hybridized carbons (Fsp3) is 0.429. The largest absolute Gasteiger partial charge is 0.449 e. The number of nitriles is 1. The van der Waals surface area contributed by atoms with E-state index < -0.39 is 0 Å². The van der Waals surface area contributed by atoms with Gasteiger partial charge >= 0.3 is 0 Å². The Kier molecular flexibility index (Phi) is 3.54. The van der Waals surface area contributed by atoms with E-state index in [1.807, 2.05) is 18.3 Å². The van der Waals surface area contributed by atoms with Crippen molar-refractivity contribution in [2.24, 2.45) is 0 Å². The quantitative estimate of drug-likeness (QED) is 0.918. The van der Waals surface area contributed by atoms with Gasteiger partial charge in [0.2, 0.25) is 5.76 Å². The lowest BCUT2D eigenvalue weighted by Crippen LogP contribution is -2.25. The molecule has 20 heavy (non-hydrogen) atoms. The van der Waals surface area contributed by atoms with Crippen LogP contribution in [0.25, 0.3) is 0 Å². The van der Waals surface area contributed by atoms with Crippen molar-refractivity contribution in [3.8, 4) is 6.07 Å². The van der Waals surface area contributed by atoms with Gasteiger partial charge in [-0.25, -0.2) is 4.98 Å². The highest BCUT2D eigenvalue weighted by atomic mass is 16.5. The maximum atomic E-state index is 8.80.